The van der Waals surface area contributed by atoms with E-state index in [1.54, 1.807) is 0 Å². The highest BCUT2D eigenvalue weighted by atomic mass is 28.4. The molecule has 0 radical (unpaired) electrons. The molecular formula is C23H27N3O12Si. The molecule has 0 atom stereocenters. The number of benzene rings is 1. The SMILES string of the molecule is O=C(Cc1cc(CC(=O)On2c(O)ccc2O)cc(CC(=O)On2c(O)ccc2O)c1)NCCC[Si](O)(O)O. The monoisotopic (exact) mass is 565 g/mol. The Morgan fingerprint density at radius 1 is 0.692 bits per heavy atom. The maximum atomic E-state index is 12.4. The molecule has 39 heavy (non-hydrogen) atoms. The number of carbonyl (C=O) groups excluding carboxylic acids is 3. The van der Waals surface area contributed by atoms with E-state index in [1.807, 2.05) is 0 Å². The predicted octanol–water partition coefficient (Wildman–Crippen LogP) is -1.53. The van der Waals surface area contributed by atoms with Gasteiger partial charge in [0.05, 0.1) is 19.3 Å². The van der Waals surface area contributed by atoms with Crippen molar-refractivity contribution in [1.29, 1.82) is 0 Å². The third kappa shape index (κ3) is 8.78. The number of carbonyl (C=O) groups is 3. The van der Waals surface area contributed by atoms with E-state index >= 15 is 0 Å². The van der Waals surface area contributed by atoms with Crippen molar-refractivity contribution in [2.75, 3.05) is 6.54 Å². The Balaban J connectivity index is 1.73. The van der Waals surface area contributed by atoms with E-state index in [1.165, 1.54) is 18.2 Å². The fraction of sp³-hybridized carbons (Fsp3) is 0.261. The number of hydrogen-bond acceptors (Lipinski definition) is 12. The van der Waals surface area contributed by atoms with E-state index < -0.39 is 50.2 Å². The minimum atomic E-state index is -4.22. The number of nitrogens with zero attached hydrogens (tertiary/aromatic N) is 2. The molecule has 0 spiro atoms. The van der Waals surface area contributed by atoms with Crippen LogP contribution in [0.15, 0.2) is 42.5 Å². The number of hydrogen-bond donors (Lipinski definition) is 8. The summed E-state index contributed by atoms with van der Waals surface area (Å²) in [6.45, 7) is 0.0637. The lowest BCUT2D eigenvalue weighted by Crippen LogP contribution is -2.36. The van der Waals surface area contributed by atoms with Crippen LogP contribution in [0.1, 0.15) is 23.1 Å². The smallest absolute Gasteiger partial charge is 0.492 e. The van der Waals surface area contributed by atoms with E-state index in [2.05, 4.69) is 5.32 Å². The van der Waals surface area contributed by atoms with Crippen LogP contribution in [0.25, 0.3) is 0 Å². The second-order valence-electron chi connectivity index (χ2n) is 8.53. The van der Waals surface area contributed by atoms with Gasteiger partial charge in [0.2, 0.25) is 29.4 Å². The van der Waals surface area contributed by atoms with Crippen LogP contribution >= 0.6 is 0 Å². The van der Waals surface area contributed by atoms with Gasteiger partial charge in [0.25, 0.3) is 0 Å². The van der Waals surface area contributed by atoms with Gasteiger partial charge in [0.1, 0.15) is 0 Å². The van der Waals surface area contributed by atoms with E-state index in [0.29, 0.717) is 26.2 Å². The normalized spacial score (nSPS) is 11.3. The molecule has 210 valence electrons. The molecule has 16 heteroatoms. The van der Waals surface area contributed by atoms with Gasteiger partial charge in [-0.25, -0.2) is 9.59 Å². The summed E-state index contributed by atoms with van der Waals surface area (Å²) < 4.78 is 1.02. The number of nitrogens with one attached hydrogen (secondary N) is 1. The molecular weight excluding hydrogens is 538 g/mol. The standard InChI is InChI=1S/C23H27N3O12Si/c27-17(24-6-1-7-39(34,35)36)11-14-8-15(12-22(32)37-25-18(28)2-3-19(25)29)10-16(9-14)13-23(33)38-26-20(30)4-5-21(26)31/h2-5,8-10,28-31,34-36H,1,6-7,11-13H2,(H,24,27). The minimum absolute atomic E-state index is 0.0637. The summed E-state index contributed by atoms with van der Waals surface area (Å²) in [5.41, 5.74) is 0.999. The zero-order valence-electron chi connectivity index (χ0n) is 20.4. The van der Waals surface area contributed by atoms with Crippen molar-refractivity contribution in [1.82, 2.24) is 14.8 Å². The van der Waals surface area contributed by atoms with E-state index in [0.717, 1.165) is 24.3 Å². The van der Waals surface area contributed by atoms with Crippen LogP contribution in [-0.4, -0.2) is 77.5 Å². The Labute approximate surface area is 221 Å². The first kappa shape index (κ1) is 29.0. The van der Waals surface area contributed by atoms with Crippen LogP contribution in [0.3, 0.4) is 0 Å². The van der Waals surface area contributed by atoms with Crippen LogP contribution in [0.4, 0.5) is 0 Å². The van der Waals surface area contributed by atoms with Gasteiger partial charge in [0, 0.05) is 36.9 Å². The molecule has 0 saturated heterocycles. The summed E-state index contributed by atoms with van der Waals surface area (Å²) in [6.07, 6.45) is -0.834. The summed E-state index contributed by atoms with van der Waals surface area (Å²) in [7, 11) is -4.22. The molecule has 0 aliphatic heterocycles. The number of rotatable bonds is 12. The van der Waals surface area contributed by atoms with Crippen LogP contribution in [0, 0.1) is 0 Å². The van der Waals surface area contributed by atoms with Gasteiger partial charge < -0.3 is 49.8 Å². The largest absolute Gasteiger partial charge is 0.492 e. The highest BCUT2D eigenvalue weighted by molar-refractivity contribution is 6.56. The van der Waals surface area contributed by atoms with Gasteiger partial charge in [-0.15, -0.1) is 9.46 Å². The summed E-state index contributed by atoms with van der Waals surface area (Å²) in [4.78, 5) is 74.3. The van der Waals surface area contributed by atoms with Crippen LogP contribution in [0.2, 0.25) is 6.04 Å². The molecule has 15 nitrogen and oxygen atoms in total. The number of amides is 1. The van der Waals surface area contributed by atoms with Gasteiger partial charge in [-0.2, -0.15) is 0 Å². The van der Waals surface area contributed by atoms with Crippen molar-refractivity contribution in [2.45, 2.75) is 31.7 Å². The Hall–Kier alpha value is -4.51. The Morgan fingerprint density at radius 2 is 1.08 bits per heavy atom. The second-order valence-corrected chi connectivity index (χ2v) is 10.6. The topological polar surface area (TPSA) is 233 Å². The first-order valence-electron chi connectivity index (χ1n) is 11.5. The average Bonchev–Trinajstić information content (AvgIpc) is 3.31. The maximum Gasteiger partial charge on any atom is 0.492 e. The van der Waals surface area contributed by atoms with Gasteiger partial charge in [-0.3, -0.25) is 4.79 Å². The molecule has 3 aromatic rings. The molecule has 0 fully saturated rings. The summed E-state index contributed by atoms with van der Waals surface area (Å²) in [5.74, 6) is -4.32. The van der Waals surface area contributed by atoms with Gasteiger partial charge in [0.15, 0.2) is 0 Å². The summed E-state index contributed by atoms with van der Waals surface area (Å²) in [6, 6.07) is 8.64. The molecule has 0 bridgehead atoms. The highest BCUT2D eigenvalue weighted by Crippen LogP contribution is 2.21. The minimum Gasteiger partial charge on any atom is -0.492 e. The lowest BCUT2D eigenvalue weighted by atomic mass is 9.99. The quantitative estimate of drug-likeness (QED) is 0.0923. The fourth-order valence-corrected chi connectivity index (χ4v) is 4.19. The van der Waals surface area contributed by atoms with Gasteiger partial charge in [-0.1, -0.05) is 18.2 Å². The number of aromatic hydroxyl groups is 4. The molecule has 3 rings (SSSR count). The fourth-order valence-electron chi connectivity index (χ4n) is 3.54. The zero-order valence-corrected chi connectivity index (χ0v) is 21.4. The zero-order chi connectivity index (χ0) is 28.7. The van der Waals surface area contributed by atoms with Gasteiger partial charge >= 0.3 is 20.7 Å². The second kappa shape index (κ2) is 12.4. The highest BCUT2D eigenvalue weighted by Gasteiger charge is 2.25. The Bertz CT molecular complexity index is 1230. The van der Waals surface area contributed by atoms with E-state index in [-0.39, 0.29) is 38.3 Å². The lowest BCUT2D eigenvalue weighted by Gasteiger charge is -2.12. The molecule has 8 N–H and O–H groups in total. The van der Waals surface area contributed by atoms with Crippen molar-refractivity contribution in [3.05, 3.63) is 59.2 Å². The van der Waals surface area contributed by atoms with E-state index in [4.69, 9.17) is 24.1 Å². The molecule has 0 unspecified atom stereocenters. The molecule has 1 amide bonds. The van der Waals surface area contributed by atoms with Crippen molar-refractivity contribution in [3.8, 4) is 23.5 Å². The van der Waals surface area contributed by atoms with Gasteiger partial charge in [-0.05, 0) is 23.1 Å². The first-order valence-corrected chi connectivity index (χ1v) is 13.5. The maximum absolute atomic E-state index is 12.4. The predicted molar refractivity (Wildman–Crippen MR) is 131 cm³/mol. The first-order chi connectivity index (χ1) is 18.3. The third-order valence-corrected chi connectivity index (χ3v) is 6.19. The third-order valence-electron chi connectivity index (χ3n) is 5.17. The van der Waals surface area contributed by atoms with Crippen LogP contribution in [-0.2, 0) is 33.6 Å². The molecule has 1 aromatic carbocycles. The van der Waals surface area contributed by atoms with Crippen LogP contribution < -0.4 is 15.0 Å². The van der Waals surface area contributed by atoms with E-state index in [9.17, 15) is 34.8 Å². The molecule has 2 aromatic heterocycles. The Morgan fingerprint density at radius 3 is 1.46 bits per heavy atom. The molecule has 0 aliphatic rings. The molecule has 2 heterocycles. The van der Waals surface area contributed by atoms with Crippen molar-refractivity contribution >= 4 is 26.7 Å². The summed E-state index contributed by atoms with van der Waals surface area (Å²) >= 11 is 0. The molecule has 0 aliphatic carbocycles. The molecule has 0 saturated carbocycles. The van der Waals surface area contributed by atoms with Crippen molar-refractivity contribution in [2.24, 2.45) is 0 Å². The average molecular weight is 566 g/mol. The van der Waals surface area contributed by atoms with Crippen molar-refractivity contribution < 1.29 is 58.9 Å². The Kier molecular flexibility index (Phi) is 9.20. The van der Waals surface area contributed by atoms with Crippen molar-refractivity contribution in [3.63, 3.8) is 0 Å². The lowest BCUT2D eigenvalue weighted by molar-refractivity contribution is -0.145. The summed E-state index contributed by atoms with van der Waals surface area (Å²) in [5, 5.41) is 41.2. The number of aromatic nitrogens is 2. The van der Waals surface area contributed by atoms with Crippen LogP contribution in [0.5, 0.6) is 23.5 Å².